The number of carbonyl (C=O) groups is 1. The fourth-order valence-electron chi connectivity index (χ4n) is 2.07. The van der Waals surface area contributed by atoms with Gasteiger partial charge >= 0.3 is 16.3 Å². The molecular weight excluding hydrogens is 318 g/mol. The van der Waals surface area contributed by atoms with Gasteiger partial charge in [-0.3, -0.25) is 4.90 Å². The topological polar surface area (TPSA) is 116 Å². The maximum Gasteiger partial charge on any atom is 0.380 e. The van der Waals surface area contributed by atoms with E-state index in [-0.39, 0.29) is 5.75 Å². The molecule has 23 heavy (non-hydrogen) atoms. The summed E-state index contributed by atoms with van der Waals surface area (Å²) in [4.78, 5) is 13.0. The van der Waals surface area contributed by atoms with Crippen LogP contribution in [0.2, 0.25) is 0 Å². The number of hydrogen-bond acceptors (Lipinski definition) is 4. The van der Waals surface area contributed by atoms with Crippen molar-refractivity contribution in [2.24, 2.45) is 10.9 Å². The van der Waals surface area contributed by atoms with Crippen molar-refractivity contribution in [2.45, 2.75) is 6.42 Å². The minimum absolute atomic E-state index is 0.0590. The first-order valence-corrected chi connectivity index (χ1v) is 8.25. The fourth-order valence-corrected chi connectivity index (χ4v) is 2.45. The Kier molecular flexibility index (Phi) is 5.20. The Morgan fingerprint density at radius 3 is 2.17 bits per heavy atom. The van der Waals surface area contributed by atoms with Crippen LogP contribution in [0.4, 0.5) is 10.5 Å². The third kappa shape index (κ3) is 5.28. The van der Waals surface area contributed by atoms with E-state index in [0.29, 0.717) is 18.7 Å². The smallest absolute Gasteiger partial charge is 0.371 e. The molecule has 0 fully saturated rings. The minimum Gasteiger partial charge on any atom is -0.371 e. The van der Waals surface area contributed by atoms with E-state index in [9.17, 15) is 13.2 Å². The summed E-state index contributed by atoms with van der Waals surface area (Å²) in [6.45, 7) is 0.398. The van der Waals surface area contributed by atoms with E-state index in [4.69, 9.17) is 10.9 Å². The van der Waals surface area contributed by atoms with Crippen LogP contribution in [0.25, 0.3) is 0 Å². The molecule has 0 aliphatic rings. The molecule has 4 N–H and O–H groups in total. The first-order chi connectivity index (χ1) is 10.8. The van der Waals surface area contributed by atoms with Gasteiger partial charge in [0.25, 0.3) is 0 Å². The zero-order valence-electron chi connectivity index (χ0n) is 12.3. The first kappa shape index (κ1) is 16.8. The first-order valence-electron chi connectivity index (χ1n) is 6.78. The number of benzene rings is 2. The monoisotopic (exact) mass is 335 g/mol. The second-order valence-electron chi connectivity index (χ2n) is 4.80. The van der Waals surface area contributed by atoms with E-state index in [1.807, 2.05) is 30.3 Å². The Labute approximate surface area is 134 Å². The largest absolute Gasteiger partial charge is 0.380 e. The lowest BCUT2D eigenvalue weighted by atomic mass is 10.1. The van der Waals surface area contributed by atoms with Crippen LogP contribution in [0.3, 0.4) is 0 Å². The number of urea groups is 1. The Bertz CT molecular complexity index is 761. The van der Waals surface area contributed by atoms with Crippen molar-refractivity contribution in [3.63, 3.8) is 0 Å². The van der Waals surface area contributed by atoms with E-state index >= 15 is 0 Å². The second-order valence-corrected chi connectivity index (χ2v) is 5.95. The Balaban J connectivity index is 2.10. The maximum atomic E-state index is 11.6. The number of anilines is 1. The van der Waals surface area contributed by atoms with E-state index in [1.165, 1.54) is 29.2 Å². The summed E-state index contributed by atoms with van der Waals surface area (Å²) >= 11 is 0. The third-order valence-corrected chi connectivity index (χ3v) is 3.52. The van der Waals surface area contributed by atoms with Crippen LogP contribution in [0.15, 0.2) is 54.6 Å². The SMILES string of the molecule is NC(=O)N(CCc1ccccc1)c1ccc(OS(N)(=O)=O)cc1. The van der Waals surface area contributed by atoms with Gasteiger partial charge in [-0.15, -0.1) is 0 Å². The summed E-state index contributed by atoms with van der Waals surface area (Å²) < 4.78 is 26.3. The maximum absolute atomic E-state index is 11.6. The average Bonchev–Trinajstić information content (AvgIpc) is 2.48. The predicted molar refractivity (Wildman–Crippen MR) is 87.3 cm³/mol. The van der Waals surface area contributed by atoms with Crippen LogP contribution in [0, 0.1) is 0 Å². The van der Waals surface area contributed by atoms with E-state index in [0.717, 1.165) is 5.56 Å². The predicted octanol–water partition coefficient (Wildman–Crippen LogP) is 1.40. The molecule has 0 unspecified atom stereocenters. The van der Waals surface area contributed by atoms with E-state index in [2.05, 4.69) is 4.18 Å². The summed E-state index contributed by atoms with van der Waals surface area (Å²) in [6.07, 6.45) is 0.638. The summed E-state index contributed by atoms with van der Waals surface area (Å²) in [5.41, 5.74) is 7.03. The molecule has 7 nitrogen and oxygen atoms in total. The van der Waals surface area contributed by atoms with Gasteiger partial charge in [0.05, 0.1) is 0 Å². The lowest BCUT2D eigenvalue weighted by Crippen LogP contribution is -2.37. The highest BCUT2D eigenvalue weighted by Crippen LogP contribution is 2.20. The van der Waals surface area contributed by atoms with Crippen LogP contribution in [0.5, 0.6) is 5.75 Å². The number of carbonyl (C=O) groups excluding carboxylic acids is 1. The Morgan fingerprint density at radius 1 is 1.04 bits per heavy atom. The van der Waals surface area contributed by atoms with E-state index in [1.54, 1.807) is 0 Å². The molecule has 0 saturated heterocycles. The molecule has 0 spiro atoms. The van der Waals surface area contributed by atoms with Gasteiger partial charge < -0.3 is 9.92 Å². The van der Waals surface area contributed by atoms with Gasteiger partial charge in [-0.05, 0) is 36.2 Å². The van der Waals surface area contributed by atoms with Crippen molar-refractivity contribution >= 4 is 22.0 Å². The summed E-state index contributed by atoms with van der Waals surface area (Å²) in [7, 11) is -4.08. The third-order valence-electron chi connectivity index (χ3n) is 3.09. The highest BCUT2D eigenvalue weighted by molar-refractivity contribution is 7.84. The molecule has 2 aromatic rings. The van der Waals surface area contributed by atoms with Gasteiger partial charge in [0.1, 0.15) is 5.75 Å². The number of nitrogens with zero attached hydrogens (tertiary/aromatic N) is 1. The molecule has 0 atom stereocenters. The van der Waals surface area contributed by atoms with Gasteiger partial charge in [-0.2, -0.15) is 13.6 Å². The second kappa shape index (κ2) is 7.12. The number of primary amides is 1. The molecule has 0 bridgehead atoms. The van der Waals surface area contributed by atoms with Crippen molar-refractivity contribution in [2.75, 3.05) is 11.4 Å². The highest BCUT2D eigenvalue weighted by atomic mass is 32.2. The zero-order valence-corrected chi connectivity index (χ0v) is 13.1. The Hall–Kier alpha value is -2.58. The Morgan fingerprint density at radius 2 is 1.65 bits per heavy atom. The lowest BCUT2D eigenvalue weighted by Gasteiger charge is -2.20. The lowest BCUT2D eigenvalue weighted by molar-refractivity contribution is 0.254. The van der Waals surface area contributed by atoms with Crippen molar-refractivity contribution in [3.05, 3.63) is 60.2 Å². The average molecular weight is 335 g/mol. The molecule has 0 radical (unpaired) electrons. The van der Waals surface area contributed by atoms with Gasteiger partial charge in [0.15, 0.2) is 0 Å². The normalized spacial score (nSPS) is 11.0. The number of nitrogens with two attached hydrogens (primary N) is 2. The molecule has 8 heteroatoms. The van der Waals surface area contributed by atoms with Gasteiger partial charge in [-0.1, -0.05) is 30.3 Å². The van der Waals surface area contributed by atoms with Crippen LogP contribution in [0.1, 0.15) is 5.56 Å². The summed E-state index contributed by atoms with van der Waals surface area (Å²) in [6, 6.07) is 15.0. The molecule has 2 aromatic carbocycles. The molecule has 0 aliphatic carbocycles. The summed E-state index contributed by atoms with van der Waals surface area (Å²) in [5.74, 6) is 0.0590. The van der Waals surface area contributed by atoms with Crippen LogP contribution < -0.4 is 20.0 Å². The minimum atomic E-state index is -4.08. The molecule has 0 aromatic heterocycles. The number of amides is 2. The van der Waals surface area contributed by atoms with E-state index < -0.39 is 16.3 Å². The van der Waals surface area contributed by atoms with Crippen molar-refractivity contribution < 1.29 is 17.4 Å². The van der Waals surface area contributed by atoms with Crippen molar-refractivity contribution in [1.82, 2.24) is 0 Å². The molecule has 0 saturated carbocycles. The van der Waals surface area contributed by atoms with Gasteiger partial charge in [0, 0.05) is 12.2 Å². The molecule has 2 amide bonds. The fraction of sp³-hybridized carbons (Fsp3) is 0.133. The standard InChI is InChI=1S/C15H17N3O4S/c16-15(19)18(11-10-12-4-2-1-3-5-12)13-6-8-14(9-7-13)22-23(17,20)21/h1-9H,10-11H2,(H2,16,19)(H2,17,20,21). The highest BCUT2D eigenvalue weighted by Gasteiger charge is 2.13. The molecule has 2 rings (SSSR count). The van der Waals surface area contributed by atoms with Crippen LogP contribution in [-0.2, 0) is 16.7 Å². The zero-order chi connectivity index (χ0) is 16.9. The van der Waals surface area contributed by atoms with Gasteiger partial charge in [0.2, 0.25) is 0 Å². The van der Waals surface area contributed by atoms with Crippen molar-refractivity contribution in [1.29, 1.82) is 0 Å². The molecule has 0 aliphatic heterocycles. The molecule has 0 heterocycles. The van der Waals surface area contributed by atoms with Gasteiger partial charge in [-0.25, -0.2) is 4.79 Å². The van der Waals surface area contributed by atoms with Crippen LogP contribution >= 0.6 is 0 Å². The summed E-state index contributed by atoms with van der Waals surface area (Å²) in [5, 5.41) is 4.79. The molecular formula is C15H17N3O4S. The van der Waals surface area contributed by atoms with Crippen molar-refractivity contribution in [3.8, 4) is 5.75 Å². The molecule has 122 valence electrons. The quantitative estimate of drug-likeness (QED) is 0.830. The number of hydrogen-bond donors (Lipinski definition) is 2. The van der Waals surface area contributed by atoms with Crippen LogP contribution in [-0.4, -0.2) is 21.0 Å². The number of rotatable bonds is 6.